The molecule has 0 radical (unpaired) electrons. The summed E-state index contributed by atoms with van der Waals surface area (Å²) in [5.41, 5.74) is 0.415. The number of hydrogen-bond donors (Lipinski definition) is 1. The molecule has 0 unspecified atom stereocenters. The first-order valence-corrected chi connectivity index (χ1v) is 9.46. The van der Waals surface area contributed by atoms with Gasteiger partial charge in [-0.05, 0) is 54.7 Å². The Kier molecular flexibility index (Phi) is 6.54. The Labute approximate surface area is 171 Å². The van der Waals surface area contributed by atoms with Crippen molar-refractivity contribution in [3.8, 4) is 0 Å². The largest absolute Gasteiger partial charge is 0.478 e. The van der Waals surface area contributed by atoms with E-state index in [0.717, 1.165) is 31.4 Å². The number of halogens is 4. The number of carboxylic acids is 1. The van der Waals surface area contributed by atoms with Crippen molar-refractivity contribution in [1.29, 1.82) is 0 Å². The number of aromatic nitrogens is 1. The van der Waals surface area contributed by atoms with Gasteiger partial charge in [0, 0.05) is 24.7 Å². The van der Waals surface area contributed by atoms with Crippen molar-refractivity contribution in [2.45, 2.75) is 25.4 Å². The van der Waals surface area contributed by atoms with E-state index in [0.29, 0.717) is 29.8 Å². The molecule has 1 aromatic heterocycles. The van der Waals surface area contributed by atoms with E-state index in [1.165, 1.54) is 42.5 Å². The normalized spacial score (nSPS) is 15.6. The van der Waals surface area contributed by atoms with Gasteiger partial charge in [-0.25, -0.2) is 14.2 Å². The van der Waals surface area contributed by atoms with Crippen LogP contribution in [0.2, 0.25) is 0 Å². The van der Waals surface area contributed by atoms with E-state index in [4.69, 9.17) is 5.11 Å². The number of nitrogens with zero attached hydrogens (tertiary/aromatic N) is 2. The standard InChI is InChI=1S/C22H20F4N2O2/c23-16-9-7-15(8-10-16)17(5-4-6-20(29)30)18-11-12-19(22(24,25)26)27-21(18)28-13-2-1-3-14-28/h4-12H,1-3,13-14H2,(H,29,30)/b6-4+,17-5+. The van der Waals surface area contributed by atoms with Crippen molar-refractivity contribution in [2.75, 3.05) is 18.0 Å². The van der Waals surface area contributed by atoms with E-state index in [1.54, 1.807) is 0 Å². The van der Waals surface area contributed by atoms with Crippen molar-refractivity contribution in [2.24, 2.45) is 0 Å². The Morgan fingerprint density at radius 1 is 1.03 bits per heavy atom. The molecule has 3 rings (SSSR count). The highest BCUT2D eigenvalue weighted by atomic mass is 19.4. The molecule has 1 aliphatic rings. The topological polar surface area (TPSA) is 53.4 Å². The van der Waals surface area contributed by atoms with E-state index in [9.17, 15) is 22.4 Å². The van der Waals surface area contributed by atoms with Gasteiger partial charge in [-0.1, -0.05) is 24.3 Å². The minimum Gasteiger partial charge on any atom is -0.478 e. The van der Waals surface area contributed by atoms with Crippen LogP contribution in [0.1, 0.15) is 36.1 Å². The number of allylic oxidation sites excluding steroid dienone is 2. The fourth-order valence-electron chi connectivity index (χ4n) is 3.36. The number of carbonyl (C=O) groups is 1. The third-order valence-electron chi connectivity index (χ3n) is 4.77. The van der Waals surface area contributed by atoms with Gasteiger partial charge in [-0.3, -0.25) is 0 Å². The maximum absolute atomic E-state index is 13.4. The minimum atomic E-state index is -4.59. The molecular weight excluding hydrogens is 400 g/mol. The molecule has 30 heavy (non-hydrogen) atoms. The van der Waals surface area contributed by atoms with Gasteiger partial charge >= 0.3 is 12.1 Å². The molecule has 1 N–H and O–H groups in total. The summed E-state index contributed by atoms with van der Waals surface area (Å²) in [6, 6.07) is 7.70. The van der Waals surface area contributed by atoms with Crippen LogP contribution in [0.15, 0.2) is 54.6 Å². The van der Waals surface area contributed by atoms with E-state index in [1.807, 2.05) is 4.90 Å². The summed E-state index contributed by atoms with van der Waals surface area (Å²) >= 11 is 0. The highest BCUT2D eigenvalue weighted by Gasteiger charge is 2.34. The highest BCUT2D eigenvalue weighted by Crippen LogP contribution is 2.36. The number of aliphatic carboxylic acids is 1. The maximum atomic E-state index is 13.4. The van der Waals surface area contributed by atoms with E-state index in [-0.39, 0.29) is 5.82 Å². The molecule has 0 spiro atoms. The summed E-state index contributed by atoms with van der Waals surface area (Å²) in [7, 11) is 0. The van der Waals surface area contributed by atoms with Crippen LogP contribution >= 0.6 is 0 Å². The molecule has 1 saturated heterocycles. The molecule has 1 fully saturated rings. The second kappa shape index (κ2) is 9.11. The number of hydrogen-bond acceptors (Lipinski definition) is 3. The Morgan fingerprint density at radius 2 is 1.70 bits per heavy atom. The number of rotatable bonds is 5. The smallest absolute Gasteiger partial charge is 0.433 e. The third kappa shape index (κ3) is 5.25. The maximum Gasteiger partial charge on any atom is 0.433 e. The van der Waals surface area contributed by atoms with Crippen LogP contribution in [-0.4, -0.2) is 29.1 Å². The SMILES string of the molecule is O=C(O)/C=C/C=C(\c1ccc(F)cc1)c1ccc(C(F)(F)F)nc1N1CCCCC1. The Morgan fingerprint density at radius 3 is 2.30 bits per heavy atom. The van der Waals surface area contributed by atoms with Crippen LogP contribution in [-0.2, 0) is 11.0 Å². The van der Waals surface area contributed by atoms with Crippen molar-refractivity contribution in [1.82, 2.24) is 4.98 Å². The van der Waals surface area contributed by atoms with Crippen LogP contribution in [0.5, 0.6) is 0 Å². The lowest BCUT2D eigenvalue weighted by molar-refractivity contribution is -0.141. The van der Waals surface area contributed by atoms with Crippen LogP contribution < -0.4 is 4.90 Å². The number of pyridine rings is 1. The second-order valence-corrected chi connectivity index (χ2v) is 6.90. The lowest BCUT2D eigenvalue weighted by Crippen LogP contribution is -2.31. The van der Waals surface area contributed by atoms with Crippen molar-refractivity contribution in [3.63, 3.8) is 0 Å². The summed E-state index contributed by atoms with van der Waals surface area (Å²) in [5.74, 6) is -1.43. The number of anilines is 1. The third-order valence-corrected chi connectivity index (χ3v) is 4.77. The zero-order valence-electron chi connectivity index (χ0n) is 16.0. The van der Waals surface area contributed by atoms with Crippen LogP contribution in [0.25, 0.3) is 5.57 Å². The van der Waals surface area contributed by atoms with Gasteiger partial charge in [0.05, 0.1) is 0 Å². The lowest BCUT2D eigenvalue weighted by Gasteiger charge is -2.30. The van der Waals surface area contributed by atoms with Gasteiger partial charge in [-0.2, -0.15) is 13.2 Å². The second-order valence-electron chi connectivity index (χ2n) is 6.90. The Balaban J connectivity index is 2.17. The average molecular weight is 420 g/mol. The molecule has 2 aromatic rings. The number of carboxylic acid groups (broad SMARTS) is 1. The quantitative estimate of drug-likeness (QED) is 0.405. The van der Waals surface area contributed by atoms with Gasteiger partial charge in [0.1, 0.15) is 17.3 Å². The molecule has 0 aliphatic carbocycles. The van der Waals surface area contributed by atoms with Crippen molar-refractivity contribution >= 4 is 17.4 Å². The fraction of sp³-hybridized carbons (Fsp3) is 0.273. The van der Waals surface area contributed by atoms with Crippen molar-refractivity contribution < 1.29 is 27.5 Å². The molecule has 0 bridgehead atoms. The summed E-state index contributed by atoms with van der Waals surface area (Å²) < 4.78 is 53.3. The first-order valence-electron chi connectivity index (χ1n) is 9.46. The molecule has 1 aromatic carbocycles. The first-order chi connectivity index (χ1) is 14.3. The average Bonchev–Trinajstić information content (AvgIpc) is 2.71. The van der Waals surface area contributed by atoms with Gasteiger partial charge in [0.2, 0.25) is 0 Å². The summed E-state index contributed by atoms with van der Waals surface area (Å²) in [5, 5.41) is 8.88. The number of benzene rings is 1. The van der Waals surface area contributed by atoms with Gasteiger partial charge in [-0.15, -0.1) is 0 Å². The molecular formula is C22H20F4N2O2. The molecule has 0 atom stereocenters. The van der Waals surface area contributed by atoms with E-state index < -0.39 is 23.7 Å². The molecule has 8 heteroatoms. The van der Waals surface area contributed by atoms with Crippen LogP contribution in [0, 0.1) is 5.82 Å². The fourth-order valence-corrected chi connectivity index (χ4v) is 3.36. The highest BCUT2D eigenvalue weighted by molar-refractivity contribution is 5.87. The summed E-state index contributed by atoms with van der Waals surface area (Å²) in [4.78, 5) is 16.6. The first kappa shape index (κ1) is 21.5. The monoisotopic (exact) mass is 420 g/mol. The van der Waals surface area contributed by atoms with E-state index in [2.05, 4.69) is 4.98 Å². The molecule has 158 valence electrons. The van der Waals surface area contributed by atoms with E-state index >= 15 is 0 Å². The van der Waals surface area contributed by atoms with Gasteiger partial charge < -0.3 is 10.0 Å². The van der Waals surface area contributed by atoms with Gasteiger partial charge in [0.15, 0.2) is 0 Å². The lowest BCUT2D eigenvalue weighted by atomic mass is 9.96. The van der Waals surface area contributed by atoms with Crippen molar-refractivity contribution in [3.05, 3.63) is 77.3 Å². The molecule has 0 saturated carbocycles. The summed E-state index contributed by atoms with van der Waals surface area (Å²) in [6.07, 6.45) is 1.77. The zero-order chi connectivity index (χ0) is 21.7. The zero-order valence-corrected chi connectivity index (χ0v) is 16.0. The predicted molar refractivity (Wildman–Crippen MR) is 106 cm³/mol. The predicted octanol–water partition coefficient (Wildman–Crippen LogP) is 5.30. The molecule has 2 heterocycles. The molecule has 0 amide bonds. The summed E-state index contributed by atoms with van der Waals surface area (Å²) in [6.45, 7) is 1.14. The van der Waals surface area contributed by atoms with Crippen LogP contribution in [0.4, 0.5) is 23.4 Å². The Bertz CT molecular complexity index is 960. The minimum absolute atomic E-state index is 0.184. The van der Waals surface area contributed by atoms with Gasteiger partial charge in [0.25, 0.3) is 0 Å². The molecule has 1 aliphatic heterocycles. The number of alkyl halides is 3. The number of piperidine rings is 1. The van der Waals surface area contributed by atoms with Crippen LogP contribution in [0.3, 0.4) is 0 Å². The Hall–Kier alpha value is -3.16. The molecule has 4 nitrogen and oxygen atoms in total.